The van der Waals surface area contributed by atoms with Gasteiger partial charge >= 0.3 is 54.6 Å². The first-order chi connectivity index (χ1) is 38.3. The van der Waals surface area contributed by atoms with Crippen LogP contribution in [0.25, 0.3) is 44.2 Å². The number of aliphatic hydroxyl groups is 8. The van der Waals surface area contributed by atoms with E-state index in [-0.39, 0.29) is 392 Å². The van der Waals surface area contributed by atoms with Gasteiger partial charge in [-0.1, -0.05) is 81.9 Å². The number of piperidine rings is 6. The van der Waals surface area contributed by atoms with E-state index in [0.717, 1.165) is 126 Å². The van der Waals surface area contributed by atoms with E-state index in [1.165, 1.54) is 101 Å². The molecule has 0 amide bonds. The molecule has 0 bridgehead atoms. The molecule has 1 aromatic heterocycles. The van der Waals surface area contributed by atoms with Gasteiger partial charge in [0.25, 0.3) is 20.2 Å². The maximum absolute atomic E-state index is 11.0. The molecule has 1 aliphatic carbocycles. The van der Waals surface area contributed by atoms with Crippen LogP contribution in [0.1, 0.15) is 132 Å². The summed E-state index contributed by atoms with van der Waals surface area (Å²) in [5, 5.41) is 99.5. The van der Waals surface area contributed by atoms with Crippen molar-refractivity contribution in [2.75, 3.05) is 85.1 Å². The predicted molar refractivity (Wildman–Crippen MR) is 352 cm³/mol. The standard InChI is InChI=1S/C10H19N2.C10H18N2.C10H14N2.C10H13N2.C8H16O7S.C8H10O7S.11Cd.2H2N.9H2O/c4*1-5-11-6-2-9(1)10-3-7-12-8-4-10;2*9-7(10)4-1-5(8(11)12)3-6(2-4)16(13,14)15;;;;;;;;;;;;;;;;;;;;;;/h9-11H,1-8H2;9-10H,1-8H2;1-2,5,10H,3-4,6-8H2;1-2,5-6,10H,3-4,7-8H2;4-12H,1-3H2,(H,13,14,15);1-3,7-12H,(H,13,14,15);;;;;;;;;;;;11*1H2/q-1;2*-2;-1;;;;;;;;;;;;2*+2;2*-1;;;;;;;;;/p+2. The minimum Gasteiger partial charge on any atom is -0.693 e. The Morgan fingerprint density at radius 1 is 0.451 bits per heavy atom. The van der Waals surface area contributed by atoms with Gasteiger partial charge in [-0.15, -0.1) is 72.0 Å². The number of hydrogen-bond acceptors (Lipinski definition) is 14. The molecule has 10 rings (SSSR count). The zero-order chi connectivity index (χ0) is 57.9. The van der Waals surface area contributed by atoms with Gasteiger partial charge in [-0.05, 0) is 117 Å². The number of aliphatic hydroxyl groups excluding tert-OH is 4. The molecule has 35 N–H and O–H groups in total. The van der Waals surface area contributed by atoms with Crippen LogP contribution in [-0.2, 0) is 331 Å². The second kappa shape index (κ2) is 86.9. The predicted octanol–water partition coefficient (Wildman–Crippen LogP) is 0.224. The molecule has 6 saturated heterocycles. The average molecular weight is 2600 g/mol. The molecule has 33 nitrogen and oxygen atoms in total. The van der Waals surface area contributed by atoms with E-state index in [1.54, 1.807) is 0 Å². The molecule has 0 spiro atoms. The summed E-state index contributed by atoms with van der Waals surface area (Å²) >= 11 is 0. The Kier molecular flexibility index (Phi) is 131. The fourth-order valence-corrected chi connectivity index (χ4v) is 13.3. The number of rotatable bonds is 10. The third-order valence-corrected chi connectivity index (χ3v) is 18.6. The Bertz CT molecular complexity index is 2270. The van der Waals surface area contributed by atoms with Gasteiger partial charge in [-0.3, -0.25) is 14.1 Å². The van der Waals surface area contributed by atoms with E-state index in [0.29, 0.717) is 0 Å². The Morgan fingerprint density at radius 2 is 0.765 bits per heavy atom. The van der Waals surface area contributed by atoms with Crippen LogP contribution in [0.5, 0.6) is 0 Å². The number of hydrogen-bond donors (Lipinski definition) is 11. The minimum absolute atomic E-state index is 0. The molecule has 0 radical (unpaired) electrons. The summed E-state index contributed by atoms with van der Waals surface area (Å²) < 4.78 is 61.2. The molecular weight excluding hydrogens is 2480 g/mol. The summed E-state index contributed by atoms with van der Waals surface area (Å²) in [6.07, 6.45) is 18.4. The van der Waals surface area contributed by atoms with E-state index in [9.17, 15) is 16.8 Å². The smallest absolute Gasteiger partial charge is 0.693 e. The van der Waals surface area contributed by atoms with Crippen molar-refractivity contribution in [3.8, 4) is 0 Å². The van der Waals surface area contributed by atoms with E-state index >= 15 is 0 Å². The number of nitrogens with zero attached hydrogens (tertiary/aromatic N) is 7. The third-order valence-electron chi connectivity index (χ3n) is 16.5. The van der Waals surface area contributed by atoms with Gasteiger partial charge in [0, 0.05) is 281 Å². The molecule has 1 saturated carbocycles. The van der Waals surface area contributed by atoms with Gasteiger partial charge in [0.2, 0.25) is 0 Å². The molecule has 8 heterocycles. The zero-order valence-corrected chi connectivity index (χ0v) is 106. The van der Waals surface area contributed by atoms with Gasteiger partial charge in [-0.2, -0.15) is 23.0 Å². The topological polar surface area (TPSA) is 734 Å². The van der Waals surface area contributed by atoms with Crippen LogP contribution in [0.3, 0.4) is 0 Å². The Labute approximate surface area is 825 Å². The van der Waals surface area contributed by atoms with Crippen LogP contribution in [0, 0.1) is 41.4 Å². The van der Waals surface area contributed by atoms with Crippen molar-refractivity contribution in [2.45, 2.75) is 138 Å². The molecule has 46 heteroatoms. The summed E-state index contributed by atoms with van der Waals surface area (Å²) in [4.78, 5) is 3.37. The average Bonchev–Trinajstić information content (AvgIpc) is 0.826. The summed E-state index contributed by atoms with van der Waals surface area (Å²) in [5.74, 6) is 3.90. The SMILES string of the molecule is C1=CC(C2CC[N-]CC2)=CC[N-]1.C1CC(C2CCNCC2)CC[N-]1.C1CC(C2CC[N-]CC2)CC[N-]1.O.O.O.O.O.O.O.O=S(=O)(O)C1CC(C(O)O)CC(C(O)O)C1.O=S(=O)(O)c1cc(C(O)O)cc(C(O)O)c1.[Cd+2].[Cd+2].[Cd].[Cd].[Cd].[Cd].[Cd].[Cd].[Cd].[Cd].[Cd].[NH2-].[NH2-].[OH3+].[OH3+].c1cc(C2CC[N-]CC2)ccn1. The first-order valence-corrected chi connectivity index (χ1v) is 31.6. The zero-order valence-electron chi connectivity index (χ0n) is 59.7. The summed E-state index contributed by atoms with van der Waals surface area (Å²) in [6, 6.07) is 6.85. The quantitative estimate of drug-likeness (QED) is 0.0656. The fraction of sp³-hybridized carbons (Fsp3) is 0.732. The molecule has 7 fully saturated rings. The van der Waals surface area contributed by atoms with Crippen LogP contribution in [0.2, 0.25) is 0 Å². The van der Waals surface area contributed by atoms with Crippen LogP contribution < -0.4 is 5.32 Å². The van der Waals surface area contributed by atoms with Crippen molar-refractivity contribution in [1.29, 1.82) is 0 Å². The summed E-state index contributed by atoms with van der Waals surface area (Å²) in [5.41, 5.74) is 2.36. The first kappa shape index (κ1) is 153. The van der Waals surface area contributed by atoms with Gasteiger partial charge in [0.1, 0.15) is 0 Å². The number of pyridine rings is 1. The van der Waals surface area contributed by atoms with Crippen molar-refractivity contribution in [3.63, 3.8) is 0 Å². The molecule has 2 atom stereocenters. The molecule has 2 aromatic rings. The van der Waals surface area contributed by atoms with Crippen LogP contribution in [-0.4, -0.2) is 213 Å². The van der Waals surface area contributed by atoms with E-state index in [4.69, 9.17) is 50.0 Å². The molecule has 7 aliphatic heterocycles. The van der Waals surface area contributed by atoms with Crippen LogP contribution in [0.15, 0.2) is 71.5 Å². The van der Waals surface area contributed by atoms with E-state index < -0.39 is 67.4 Å². The van der Waals surface area contributed by atoms with E-state index in [2.05, 4.69) is 66.5 Å². The maximum Gasteiger partial charge on any atom is 2.00 e. The van der Waals surface area contributed by atoms with Crippen molar-refractivity contribution in [1.82, 2.24) is 10.3 Å². The number of allylic oxidation sites excluding steroid dienone is 2. The summed E-state index contributed by atoms with van der Waals surface area (Å²) in [6.45, 7) is 14.3. The van der Waals surface area contributed by atoms with Crippen molar-refractivity contribution in [3.05, 3.63) is 128 Å². The normalized spacial score (nSPS) is 19.0. The van der Waals surface area contributed by atoms with Gasteiger partial charge in [0.05, 0.1) is 10.1 Å². The molecule has 102 heavy (non-hydrogen) atoms. The fourth-order valence-electron chi connectivity index (χ4n) is 11.7. The van der Waals surface area contributed by atoms with Crippen molar-refractivity contribution >= 4 is 20.2 Å². The van der Waals surface area contributed by atoms with Gasteiger partial charge in [0.15, 0.2) is 25.2 Å². The molecule has 562 valence electrons. The second-order valence-corrected chi connectivity index (χ2v) is 25.0. The largest absolute Gasteiger partial charge is 2.00 e. The van der Waals surface area contributed by atoms with E-state index in [1.807, 2.05) is 18.6 Å². The number of nitrogens with one attached hydrogen (secondary N) is 1. The minimum atomic E-state index is -4.56. The molecular formula is C56H114Cd11N10O23S2-2. The summed E-state index contributed by atoms with van der Waals surface area (Å²) in [7, 11) is -8.86. The van der Waals surface area contributed by atoms with Gasteiger partial charge < -0.3 is 140 Å². The number of benzene rings is 1. The third kappa shape index (κ3) is 61.9. The van der Waals surface area contributed by atoms with Crippen LogP contribution in [0.4, 0.5) is 0 Å². The second-order valence-electron chi connectivity index (χ2n) is 21.9. The monoisotopic (exact) mass is 2610 g/mol. The Hall–Kier alpha value is 6.61. The first-order valence-electron chi connectivity index (χ1n) is 28.6. The number of aromatic nitrogens is 1. The Balaban J connectivity index is -0.0000000499. The number of nitrogens with two attached hydrogens (primary N) is 2. The molecule has 8 aliphatic rings. The molecule has 1 aromatic carbocycles. The van der Waals surface area contributed by atoms with Gasteiger partial charge in [-0.25, -0.2) is 0 Å². The molecule has 2 unspecified atom stereocenters. The van der Waals surface area contributed by atoms with Crippen molar-refractivity contribution in [2.24, 2.45) is 41.4 Å². The van der Waals surface area contributed by atoms with Crippen LogP contribution >= 0.6 is 0 Å². The maximum atomic E-state index is 11.0. The Morgan fingerprint density at radius 3 is 1.05 bits per heavy atom. The van der Waals surface area contributed by atoms with Crippen molar-refractivity contribution < 1.29 is 416 Å².